The summed E-state index contributed by atoms with van der Waals surface area (Å²) in [6.07, 6.45) is 6.20. The van der Waals surface area contributed by atoms with Crippen LogP contribution in [0, 0.1) is 5.82 Å². The lowest BCUT2D eigenvalue weighted by Gasteiger charge is -2.09. The first-order chi connectivity index (χ1) is 12.2. The van der Waals surface area contributed by atoms with E-state index in [1.54, 1.807) is 6.07 Å². The first-order valence-corrected chi connectivity index (χ1v) is 9.17. The van der Waals surface area contributed by atoms with Gasteiger partial charge in [0.15, 0.2) is 16.7 Å². The molecule has 128 valence electrons. The Morgan fingerprint density at radius 1 is 1.16 bits per heavy atom. The fourth-order valence-electron chi connectivity index (χ4n) is 3.01. The maximum absolute atomic E-state index is 13.9. The maximum atomic E-state index is 13.9. The molecule has 0 amide bonds. The van der Waals surface area contributed by atoms with Gasteiger partial charge in [-0.2, -0.15) is 0 Å². The van der Waals surface area contributed by atoms with Crippen molar-refractivity contribution >= 4 is 22.7 Å². The van der Waals surface area contributed by atoms with E-state index in [0.717, 1.165) is 21.4 Å². The second kappa shape index (κ2) is 5.66. The van der Waals surface area contributed by atoms with Crippen LogP contribution in [0.25, 0.3) is 10.9 Å². The predicted molar refractivity (Wildman–Crippen MR) is 90.4 cm³/mol. The first-order valence-electron chi connectivity index (χ1n) is 8.35. The van der Waals surface area contributed by atoms with Crippen LogP contribution in [-0.2, 0) is 0 Å². The van der Waals surface area contributed by atoms with Gasteiger partial charge in [-0.3, -0.25) is 0 Å². The molecule has 2 aliphatic carbocycles. The molecule has 2 heterocycles. The predicted octanol–water partition coefficient (Wildman–Crippen LogP) is 3.73. The molecular formula is C17H16FN5OS. The highest BCUT2D eigenvalue weighted by molar-refractivity contribution is 7.99. The number of hydrogen-bond donors (Lipinski definition) is 0. The topological polar surface area (TPSA) is 65.7 Å². The first kappa shape index (κ1) is 15.1. The van der Waals surface area contributed by atoms with Crippen LogP contribution in [0.5, 0.6) is 5.75 Å². The van der Waals surface area contributed by atoms with Crippen molar-refractivity contribution < 1.29 is 9.13 Å². The third-order valence-electron chi connectivity index (χ3n) is 4.61. The van der Waals surface area contributed by atoms with Crippen LogP contribution < -0.4 is 4.74 Å². The summed E-state index contributed by atoms with van der Waals surface area (Å²) in [6.45, 7) is 0. The van der Waals surface area contributed by atoms with Gasteiger partial charge in [0.2, 0.25) is 0 Å². The Morgan fingerprint density at radius 3 is 2.72 bits per heavy atom. The molecule has 3 aromatic rings. The molecule has 2 aromatic heterocycles. The molecule has 2 saturated carbocycles. The number of fused-ring (bicyclic) bond motifs is 1. The Bertz CT molecular complexity index is 967. The normalized spacial score (nSPS) is 17.2. The van der Waals surface area contributed by atoms with Crippen LogP contribution in [0.2, 0.25) is 0 Å². The average molecular weight is 357 g/mol. The molecule has 2 aliphatic rings. The van der Waals surface area contributed by atoms with Crippen molar-refractivity contribution in [3.8, 4) is 5.75 Å². The van der Waals surface area contributed by atoms with E-state index in [-0.39, 0.29) is 5.75 Å². The average Bonchev–Trinajstić information content (AvgIpc) is 3.53. The second-order valence-electron chi connectivity index (χ2n) is 6.50. The lowest BCUT2D eigenvalue weighted by atomic mass is 10.2. The maximum Gasteiger partial charge on any atom is 0.197 e. The Morgan fingerprint density at radius 2 is 2.00 bits per heavy atom. The molecule has 8 heteroatoms. The lowest BCUT2D eigenvalue weighted by Crippen LogP contribution is -2.02. The molecule has 0 N–H and O–H groups in total. The number of aromatic nitrogens is 5. The van der Waals surface area contributed by atoms with Crippen molar-refractivity contribution in [1.82, 2.24) is 24.7 Å². The number of hydrogen-bond acceptors (Lipinski definition) is 6. The van der Waals surface area contributed by atoms with Crippen LogP contribution in [0.4, 0.5) is 4.39 Å². The van der Waals surface area contributed by atoms with E-state index >= 15 is 0 Å². The van der Waals surface area contributed by atoms with E-state index in [4.69, 9.17) is 4.74 Å². The van der Waals surface area contributed by atoms with Crippen molar-refractivity contribution in [2.45, 2.75) is 47.8 Å². The van der Waals surface area contributed by atoms with Crippen molar-refractivity contribution in [2.24, 2.45) is 0 Å². The molecular weight excluding hydrogens is 341 g/mol. The number of rotatable bonds is 5. The van der Waals surface area contributed by atoms with Gasteiger partial charge < -0.3 is 9.30 Å². The summed E-state index contributed by atoms with van der Waals surface area (Å²) in [5.74, 6) is 1.42. The SMILES string of the molecule is COc1cc2c(Sc3nnc(C4CC4)n3C3CC3)ncnc2cc1F. The van der Waals surface area contributed by atoms with Crippen LogP contribution >= 0.6 is 11.8 Å². The molecule has 1 aromatic carbocycles. The zero-order valence-corrected chi connectivity index (χ0v) is 14.5. The standard InChI is InChI=1S/C17H16FN5OS/c1-24-14-6-11-13(7-12(14)18)19-8-20-16(11)25-17-22-21-15(9-2-3-9)23(17)10-4-5-10/h6-10H,2-5H2,1H3. The van der Waals surface area contributed by atoms with Crippen molar-refractivity contribution in [1.29, 1.82) is 0 Å². The fourth-order valence-corrected chi connectivity index (χ4v) is 3.98. The smallest absolute Gasteiger partial charge is 0.197 e. The van der Waals surface area contributed by atoms with E-state index in [9.17, 15) is 4.39 Å². The number of benzene rings is 1. The minimum absolute atomic E-state index is 0.187. The largest absolute Gasteiger partial charge is 0.494 e. The summed E-state index contributed by atoms with van der Waals surface area (Å²) in [4.78, 5) is 8.56. The quantitative estimate of drug-likeness (QED) is 0.648. The third-order valence-corrected chi connectivity index (χ3v) is 5.59. The number of ether oxygens (including phenoxy) is 1. The van der Waals surface area contributed by atoms with Crippen molar-refractivity contribution in [3.63, 3.8) is 0 Å². The monoisotopic (exact) mass is 357 g/mol. The highest BCUT2D eigenvalue weighted by atomic mass is 32.2. The van der Waals surface area contributed by atoms with Crippen molar-refractivity contribution in [3.05, 3.63) is 30.1 Å². The Kier molecular flexibility index (Phi) is 3.41. The second-order valence-corrected chi connectivity index (χ2v) is 7.46. The molecule has 0 aliphatic heterocycles. The highest BCUT2D eigenvalue weighted by Gasteiger charge is 2.36. The molecule has 25 heavy (non-hydrogen) atoms. The van der Waals surface area contributed by atoms with Crippen LogP contribution in [0.3, 0.4) is 0 Å². The van der Waals surface area contributed by atoms with Gasteiger partial charge in [-0.05, 0) is 43.5 Å². The van der Waals surface area contributed by atoms with Crippen molar-refractivity contribution in [2.75, 3.05) is 7.11 Å². The van der Waals surface area contributed by atoms with Gasteiger partial charge in [0.25, 0.3) is 0 Å². The van der Waals surface area contributed by atoms with Gasteiger partial charge in [0.1, 0.15) is 17.2 Å². The molecule has 0 unspecified atom stereocenters. The van der Waals surface area contributed by atoms with E-state index in [0.29, 0.717) is 17.5 Å². The molecule has 2 fully saturated rings. The highest BCUT2D eigenvalue weighted by Crippen LogP contribution is 2.47. The molecule has 0 atom stereocenters. The van der Waals surface area contributed by atoms with Gasteiger partial charge in [-0.1, -0.05) is 0 Å². The van der Waals surface area contributed by atoms with E-state index in [2.05, 4.69) is 24.7 Å². The summed E-state index contributed by atoms with van der Waals surface area (Å²) < 4.78 is 21.3. The zero-order chi connectivity index (χ0) is 17.0. The minimum Gasteiger partial charge on any atom is -0.494 e. The van der Waals surface area contributed by atoms with E-state index in [1.165, 1.54) is 56.9 Å². The Balaban J connectivity index is 1.58. The molecule has 0 bridgehead atoms. The zero-order valence-electron chi connectivity index (χ0n) is 13.6. The third kappa shape index (κ3) is 2.64. The molecule has 0 saturated heterocycles. The van der Waals surface area contributed by atoms with Gasteiger partial charge in [-0.25, -0.2) is 14.4 Å². The summed E-state index contributed by atoms with van der Waals surface area (Å²) in [7, 11) is 1.45. The van der Waals surface area contributed by atoms with E-state index < -0.39 is 5.82 Å². The van der Waals surface area contributed by atoms with Gasteiger partial charge in [0.05, 0.1) is 12.6 Å². The summed E-state index contributed by atoms with van der Waals surface area (Å²) in [6, 6.07) is 3.53. The number of halogens is 1. The number of methoxy groups -OCH3 is 1. The summed E-state index contributed by atoms with van der Waals surface area (Å²) in [5, 5.41) is 11.2. The molecule has 0 spiro atoms. The van der Waals surface area contributed by atoms with Crippen LogP contribution in [0.1, 0.15) is 43.5 Å². The van der Waals surface area contributed by atoms with E-state index in [1.807, 2.05) is 0 Å². The minimum atomic E-state index is -0.429. The summed E-state index contributed by atoms with van der Waals surface area (Å²) in [5.41, 5.74) is 0.552. The molecule has 0 radical (unpaired) electrons. The number of nitrogens with zero attached hydrogens (tertiary/aromatic N) is 5. The van der Waals surface area contributed by atoms with Crippen LogP contribution in [-0.4, -0.2) is 31.8 Å². The summed E-state index contributed by atoms with van der Waals surface area (Å²) >= 11 is 1.46. The fraction of sp³-hybridized carbons (Fsp3) is 0.412. The lowest BCUT2D eigenvalue weighted by molar-refractivity contribution is 0.387. The van der Waals surface area contributed by atoms with Crippen LogP contribution in [0.15, 0.2) is 28.6 Å². The Hall–Kier alpha value is -2.22. The van der Waals surface area contributed by atoms with Gasteiger partial charge in [-0.15, -0.1) is 10.2 Å². The molecule has 5 rings (SSSR count). The Labute approximate surface area is 147 Å². The van der Waals surface area contributed by atoms with Gasteiger partial charge >= 0.3 is 0 Å². The van der Waals surface area contributed by atoms with Gasteiger partial charge in [0, 0.05) is 23.4 Å². The molecule has 6 nitrogen and oxygen atoms in total.